The molecule has 1 fully saturated rings. The molecule has 1 aromatic heterocycles. The topological polar surface area (TPSA) is 89.0 Å². The number of anilines is 1. The van der Waals surface area contributed by atoms with Gasteiger partial charge >= 0.3 is 0 Å². The lowest BCUT2D eigenvalue weighted by Gasteiger charge is -2.05. The minimum absolute atomic E-state index is 0.0590. The summed E-state index contributed by atoms with van der Waals surface area (Å²) in [5.41, 5.74) is 0. The Hall–Kier alpha value is -1.02. The smallest absolute Gasteiger partial charge is 0.230 e. The maximum absolute atomic E-state index is 11.9. The molecule has 1 atom stereocenters. The molecule has 106 valence electrons. The van der Waals surface area contributed by atoms with Crippen molar-refractivity contribution < 1.29 is 13.2 Å². The van der Waals surface area contributed by atoms with E-state index < -0.39 is 15.8 Å². The first kappa shape index (κ1) is 14.4. The van der Waals surface area contributed by atoms with Gasteiger partial charge in [-0.25, -0.2) is 8.42 Å². The SMILES string of the molecule is CC(C)Cc1nnc(NC(=O)C2CCS(=O)(=O)C2)s1. The molecule has 2 rings (SSSR count). The highest BCUT2D eigenvalue weighted by atomic mass is 32.2. The predicted octanol–water partition coefficient (Wildman–Crippen LogP) is 1.11. The molecule has 2 heterocycles. The van der Waals surface area contributed by atoms with Crippen LogP contribution in [-0.2, 0) is 21.1 Å². The second-order valence-corrected chi connectivity index (χ2v) is 8.48. The van der Waals surface area contributed by atoms with E-state index in [1.807, 2.05) is 0 Å². The Bertz CT molecular complexity index is 565. The molecule has 8 heteroatoms. The number of nitrogens with one attached hydrogen (secondary N) is 1. The zero-order valence-electron chi connectivity index (χ0n) is 10.9. The summed E-state index contributed by atoms with van der Waals surface area (Å²) in [6.07, 6.45) is 1.22. The van der Waals surface area contributed by atoms with Crippen LogP contribution in [0.2, 0.25) is 0 Å². The molecule has 1 aromatic rings. The first-order chi connectivity index (χ1) is 8.85. The van der Waals surface area contributed by atoms with E-state index in [0.29, 0.717) is 17.5 Å². The second-order valence-electron chi connectivity index (χ2n) is 5.19. The zero-order valence-corrected chi connectivity index (χ0v) is 12.6. The van der Waals surface area contributed by atoms with Crippen LogP contribution < -0.4 is 5.32 Å². The van der Waals surface area contributed by atoms with E-state index in [2.05, 4.69) is 29.4 Å². The average molecular weight is 303 g/mol. The summed E-state index contributed by atoms with van der Waals surface area (Å²) < 4.78 is 22.6. The Morgan fingerprint density at radius 2 is 2.21 bits per heavy atom. The summed E-state index contributed by atoms with van der Waals surface area (Å²) in [5.74, 6) is -0.205. The highest BCUT2D eigenvalue weighted by Gasteiger charge is 2.33. The van der Waals surface area contributed by atoms with Crippen LogP contribution in [0.5, 0.6) is 0 Å². The third-order valence-electron chi connectivity index (χ3n) is 2.88. The number of hydrogen-bond acceptors (Lipinski definition) is 6. The van der Waals surface area contributed by atoms with Gasteiger partial charge in [0.05, 0.1) is 17.4 Å². The summed E-state index contributed by atoms with van der Waals surface area (Å²) >= 11 is 1.34. The normalized spacial score (nSPS) is 21.7. The minimum Gasteiger partial charge on any atom is -0.300 e. The second kappa shape index (κ2) is 5.54. The van der Waals surface area contributed by atoms with Crippen molar-refractivity contribution in [2.24, 2.45) is 11.8 Å². The molecule has 1 aliphatic heterocycles. The summed E-state index contributed by atoms with van der Waals surface area (Å²) in [6.45, 7) is 4.17. The van der Waals surface area contributed by atoms with Crippen molar-refractivity contribution in [1.29, 1.82) is 0 Å². The molecule has 1 saturated heterocycles. The monoisotopic (exact) mass is 303 g/mol. The van der Waals surface area contributed by atoms with Gasteiger partial charge < -0.3 is 5.32 Å². The Morgan fingerprint density at radius 3 is 2.79 bits per heavy atom. The van der Waals surface area contributed by atoms with Crippen LogP contribution in [0.25, 0.3) is 0 Å². The van der Waals surface area contributed by atoms with E-state index in [9.17, 15) is 13.2 Å². The van der Waals surface area contributed by atoms with Crippen LogP contribution in [0.3, 0.4) is 0 Å². The molecule has 1 amide bonds. The van der Waals surface area contributed by atoms with Crippen LogP contribution >= 0.6 is 11.3 Å². The summed E-state index contributed by atoms with van der Waals surface area (Å²) in [7, 11) is -3.04. The fourth-order valence-electron chi connectivity index (χ4n) is 1.95. The van der Waals surface area contributed by atoms with Gasteiger partial charge in [-0.05, 0) is 12.3 Å². The lowest BCUT2D eigenvalue weighted by Crippen LogP contribution is -2.23. The molecule has 6 nitrogen and oxygen atoms in total. The number of carbonyl (C=O) groups excluding carboxylic acids is 1. The first-order valence-corrected chi connectivity index (χ1v) is 8.83. The van der Waals surface area contributed by atoms with Crippen molar-refractivity contribution in [1.82, 2.24) is 10.2 Å². The molecule has 0 saturated carbocycles. The number of nitrogens with zero attached hydrogens (tertiary/aromatic N) is 2. The zero-order chi connectivity index (χ0) is 14.0. The van der Waals surface area contributed by atoms with Crippen molar-refractivity contribution in [3.63, 3.8) is 0 Å². The van der Waals surface area contributed by atoms with E-state index in [-0.39, 0.29) is 17.4 Å². The van der Waals surface area contributed by atoms with Gasteiger partial charge in [-0.2, -0.15) is 0 Å². The number of rotatable bonds is 4. The number of hydrogen-bond donors (Lipinski definition) is 1. The van der Waals surface area contributed by atoms with Crippen LogP contribution in [0.1, 0.15) is 25.3 Å². The van der Waals surface area contributed by atoms with Gasteiger partial charge in [0.15, 0.2) is 9.84 Å². The molecule has 0 aliphatic carbocycles. The summed E-state index contributed by atoms with van der Waals surface area (Å²) in [5, 5.41) is 11.9. The van der Waals surface area contributed by atoms with Crippen LogP contribution in [0.4, 0.5) is 5.13 Å². The Kier molecular flexibility index (Phi) is 4.19. The Morgan fingerprint density at radius 1 is 1.47 bits per heavy atom. The molecule has 0 bridgehead atoms. The summed E-state index contributed by atoms with van der Waals surface area (Å²) in [6, 6.07) is 0. The molecular formula is C11H17N3O3S2. The van der Waals surface area contributed by atoms with Crippen molar-refractivity contribution >= 4 is 32.2 Å². The number of carbonyl (C=O) groups is 1. The van der Waals surface area contributed by atoms with Crippen molar-refractivity contribution in [3.05, 3.63) is 5.01 Å². The highest BCUT2D eigenvalue weighted by molar-refractivity contribution is 7.91. The van der Waals surface area contributed by atoms with Crippen LogP contribution in [0.15, 0.2) is 0 Å². The van der Waals surface area contributed by atoms with E-state index in [1.54, 1.807) is 0 Å². The predicted molar refractivity (Wildman–Crippen MR) is 73.8 cm³/mol. The molecule has 0 aromatic carbocycles. The van der Waals surface area contributed by atoms with Crippen molar-refractivity contribution in [3.8, 4) is 0 Å². The molecule has 19 heavy (non-hydrogen) atoms. The van der Waals surface area contributed by atoms with Crippen molar-refractivity contribution in [2.75, 3.05) is 16.8 Å². The maximum atomic E-state index is 11.9. The lowest BCUT2D eigenvalue weighted by molar-refractivity contribution is -0.119. The standard InChI is InChI=1S/C11H17N3O3S2/c1-7(2)5-9-13-14-11(18-9)12-10(15)8-3-4-19(16,17)6-8/h7-8H,3-6H2,1-2H3,(H,12,14,15). The van der Waals surface area contributed by atoms with Crippen LogP contribution in [-0.4, -0.2) is 36.0 Å². The van der Waals surface area contributed by atoms with Crippen molar-refractivity contribution in [2.45, 2.75) is 26.7 Å². The Labute approximate surface area is 116 Å². The third kappa shape index (κ3) is 3.97. The Balaban J connectivity index is 1.94. The van der Waals surface area contributed by atoms with Gasteiger partial charge in [0.1, 0.15) is 5.01 Å². The fraction of sp³-hybridized carbons (Fsp3) is 0.727. The highest BCUT2D eigenvalue weighted by Crippen LogP contribution is 2.22. The molecule has 0 radical (unpaired) electrons. The van der Waals surface area contributed by atoms with E-state index >= 15 is 0 Å². The van der Waals surface area contributed by atoms with Gasteiger partial charge in [0.25, 0.3) is 0 Å². The number of amides is 1. The molecule has 1 aliphatic rings. The molecule has 0 spiro atoms. The number of aromatic nitrogens is 2. The van der Waals surface area contributed by atoms with Gasteiger partial charge in [-0.15, -0.1) is 10.2 Å². The van der Waals surface area contributed by atoms with Gasteiger partial charge in [0.2, 0.25) is 11.0 Å². The van der Waals surface area contributed by atoms with Gasteiger partial charge in [0, 0.05) is 6.42 Å². The first-order valence-electron chi connectivity index (χ1n) is 6.19. The lowest BCUT2D eigenvalue weighted by atomic mass is 10.1. The fourth-order valence-corrected chi connectivity index (χ4v) is 4.64. The summed E-state index contributed by atoms with van der Waals surface area (Å²) in [4.78, 5) is 11.9. The third-order valence-corrected chi connectivity index (χ3v) is 5.51. The molecule has 1 unspecified atom stereocenters. The minimum atomic E-state index is -3.04. The van der Waals surface area contributed by atoms with Crippen LogP contribution in [0, 0.1) is 11.8 Å². The maximum Gasteiger partial charge on any atom is 0.230 e. The van der Waals surface area contributed by atoms with Gasteiger partial charge in [-0.1, -0.05) is 25.2 Å². The van der Waals surface area contributed by atoms with E-state index in [1.165, 1.54) is 11.3 Å². The molecular weight excluding hydrogens is 286 g/mol. The molecule has 1 N–H and O–H groups in total. The number of sulfone groups is 1. The van der Waals surface area contributed by atoms with Gasteiger partial charge in [-0.3, -0.25) is 4.79 Å². The average Bonchev–Trinajstić information content (AvgIpc) is 2.84. The van der Waals surface area contributed by atoms with E-state index in [0.717, 1.165) is 11.4 Å². The van der Waals surface area contributed by atoms with E-state index in [4.69, 9.17) is 0 Å². The quantitative estimate of drug-likeness (QED) is 0.900. The largest absolute Gasteiger partial charge is 0.300 e.